The van der Waals surface area contributed by atoms with Crippen molar-refractivity contribution in [2.24, 2.45) is 5.92 Å². The van der Waals surface area contributed by atoms with Crippen molar-refractivity contribution in [1.82, 2.24) is 0 Å². The number of ether oxygens (including phenoxy) is 1. The lowest BCUT2D eigenvalue weighted by Gasteiger charge is -2.18. The van der Waals surface area contributed by atoms with Gasteiger partial charge in [-0.05, 0) is 31.7 Å². The molecule has 19 heavy (non-hydrogen) atoms. The maximum Gasteiger partial charge on any atom is 0.271 e. The first-order valence-corrected chi connectivity index (χ1v) is 6.53. The third-order valence-electron chi connectivity index (χ3n) is 2.97. The summed E-state index contributed by atoms with van der Waals surface area (Å²) in [5.41, 5.74) is 0.743. The van der Waals surface area contributed by atoms with Crippen LogP contribution in [0.2, 0.25) is 0 Å². The minimum atomic E-state index is -0.399. The van der Waals surface area contributed by atoms with Crippen molar-refractivity contribution in [2.75, 3.05) is 12.4 Å². The largest absolute Gasteiger partial charge is 0.495 e. The third-order valence-corrected chi connectivity index (χ3v) is 2.97. The lowest BCUT2D eigenvalue weighted by molar-refractivity contribution is -0.384. The molecule has 0 aliphatic heterocycles. The SMILES string of the molecule is COc1ccc([N+](=O)[O-])cc1NC(C)CCC(C)C. The van der Waals surface area contributed by atoms with E-state index >= 15 is 0 Å². The number of hydrogen-bond acceptors (Lipinski definition) is 4. The maximum atomic E-state index is 10.8. The van der Waals surface area contributed by atoms with Crippen molar-refractivity contribution in [2.45, 2.75) is 39.7 Å². The highest BCUT2D eigenvalue weighted by Gasteiger charge is 2.13. The molecule has 0 spiro atoms. The molecule has 5 nitrogen and oxygen atoms in total. The van der Waals surface area contributed by atoms with E-state index in [0.717, 1.165) is 12.8 Å². The van der Waals surface area contributed by atoms with Crippen LogP contribution in [-0.4, -0.2) is 18.1 Å². The second-order valence-corrected chi connectivity index (χ2v) is 5.16. The molecule has 5 heteroatoms. The minimum absolute atomic E-state index is 0.0689. The normalized spacial score (nSPS) is 12.3. The number of methoxy groups -OCH3 is 1. The zero-order chi connectivity index (χ0) is 14.4. The van der Waals surface area contributed by atoms with Gasteiger partial charge in [-0.15, -0.1) is 0 Å². The van der Waals surface area contributed by atoms with Crippen LogP contribution in [0.4, 0.5) is 11.4 Å². The van der Waals surface area contributed by atoms with Crippen LogP contribution in [0.5, 0.6) is 5.75 Å². The number of nitrogens with zero attached hydrogens (tertiary/aromatic N) is 1. The standard InChI is InChI=1S/C14H22N2O3/c1-10(2)5-6-11(3)15-13-9-12(16(17)18)7-8-14(13)19-4/h7-11,15H,5-6H2,1-4H3. The highest BCUT2D eigenvalue weighted by Crippen LogP contribution is 2.29. The first-order chi connectivity index (χ1) is 8.93. The zero-order valence-corrected chi connectivity index (χ0v) is 12.0. The summed E-state index contributed by atoms with van der Waals surface area (Å²) in [4.78, 5) is 10.4. The minimum Gasteiger partial charge on any atom is -0.495 e. The first kappa shape index (κ1) is 15.3. The van der Waals surface area contributed by atoms with Gasteiger partial charge in [-0.3, -0.25) is 10.1 Å². The smallest absolute Gasteiger partial charge is 0.271 e. The van der Waals surface area contributed by atoms with E-state index in [2.05, 4.69) is 26.1 Å². The van der Waals surface area contributed by atoms with Gasteiger partial charge in [0, 0.05) is 18.2 Å². The summed E-state index contributed by atoms with van der Waals surface area (Å²) in [5.74, 6) is 1.28. The van der Waals surface area contributed by atoms with Gasteiger partial charge in [-0.1, -0.05) is 13.8 Å². The molecule has 1 unspecified atom stereocenters. The molecule has 0 aliphatic rings. The van der Waals surface area contributed by atoms with Gasteiger partial charge in [0.15, 0.2) is 0 Å². The van der Waals surface area contributed by atoms with Crippen LogP contribution >= 0.6 is 0 Å². The van der Waals surface area contributed by atoms with Crippen LogP contribution in [0.3, 0.4) is 0 Å². The fourth-order valence-corrected chi connectivity index (χ4v) is 1.84. The third kappa shape index (κ3) is 4.77. The summed E-state index contributed by atoms with van der Waals surface area (Å²) >= 11 is 0. The van der Waals surface area contributed by atoms with Gasteiger partial charge in [0.1, 0.15) is 5.75 Å². The van der Waals surface area contributed by atoms with Crippen LogP contribution in [-0.2, 0) is 0 Å². The van der Waals surface area contributed by atoms with Gasteiger partial charge < -0.3 is 10.1 Å². The lowest BCUT2D eigenvalue weighted by Crippen LogP contribution is -2.16. The van der Waals surface area contributed by atoms with Gasteiger partial charge in [0.25, 0.3) is 5.69 Å². The Kier molecular flexibility index (Phi) is 5.60. The van der Waals surface area contributed by atoms with Gasteiger partial charge >= 0.3 is 0 Å². The number of rotatable bonds is 7. The Morgan fingerprint density at radius 1 is 1.32 bits per heavy atom. The average molecular weight is 266 g/mol. The number of nitrogens with one attached hydrogen (secondary N) is 1. The number of hydrogen-bond donors (Lipinski definition) is 1. The van der Waals surface area contributed by atoms with E-state index in [-0.39, 0.29) is 11.7 Å². The molecule has 0 radical (unpaired) electrons. The highest BCUT2D eigenvalue weighted by molar-refractivity contribution is 5.61. The van der Waals surface area contributed by atoms with Gasteiger partial charge in [-0.2, -0.15) is 0 Å². The van der Waals surface area contributed by atoms with Crippen molar-refractivity contribution in [3.05, 3.63) is 28.3 Å². The molecule has 1 aromatic carbocycles. The Morgan fingerprint density at radius 3 is 2.53 bits per heavy atom. The fraction of sp³-hybridized carbons (Fsp3) is 0.571. The summed E-state index contributed by atoms with van der Waals surface area (Å²) in [7, 11) is 1.56. The average Bonchev–Trinajstić information content (AvgIpc) is 2.36. The van der Waals surface area contributed by atoms with Crippen LogP contribution < -0.4 is 10.1 Å². The Bertz CT molecular complexity index is 433. The van der Waals surface area contributed by atoms with E-state index < -0.39 is 4.92 Å². The predicted molar refractivity (Wildman–Crippen MR) is 76.8 cm³/mol. The molecule has 106 valence electrons. The summed E-state index contributed by atoms with van der Waals surface area (Å²) < 4.78 is 5.22. The van der Waals surface area contributed by atoms with E-state index in [0.29, 0.717) is 17.4 Å². The Labute approximate surface area is 114 Å². The van der Waals surface area contributed by atoms with E-state index in [1.165, 1.54) is 12.1 Å². The zero-order valence-electron chi connectivity index (χ0n) is 12.0. The molecule has 0 saturated heterocycles. The van der Waals surface area contributed by atoms with Gasteiger partial charge in [-0.25, -0.2) is 0 Å². The van der Waals surface area contributed by atoms with Crippen LogP contribution in [0.15, 0.2) is 18.2 Å². The first-order valence-electron chi connectivity index (χ1n) is 6.53. The lowest BCUT2D eigenvalue weighted by atomic mass is 10.0. The number of nitro benzene ring substituents is 1. The summed E-state index contributed by atoms with van der Waals surface area (Å²) in [6.45, 7) is 6.43. The Hall–Kier alpha value is -1.78. The maximum absolute atomic E-state index is 10.8. The topological polar surface area (TPSA) is 64.4 Å². The van der Waals surface area contributed by atoms with Crippen LogP contribution in [0.25, 0.3) is 0 Å². The molecule has 0 aliphatic carbocycles. The highest BCUT2D eigenvalue weighted by atomic mass is 16.6. The Balaban J connectivity index is 2.79. The van der Waals surface area contributed by atoms with E-state index in [1.54, 1.807) is 13.2 Å². The summed E-state index contributed by atoms with van der Waals surface area (Å²) in [6.07, 6.45) is 2.13. The number of nitro groups is 1. The van der Waals surface area contributed by atoms with Crippen LogP contribution in [0, 0.1) is 16.0 Å². The fourth-order valence-electron chi connectivity index (χ4n) is 1.84. The van der Waals surface area contributed by atoms with E-state index in [1.807, 2.05) is 0 Å². The number of benzene rings is 1. The second-order valence-electron chi connectivity index (χ2n) is 5.16. The quantitative estimate of drug-likeness (QED) is 0.601. The predicted octanol–water partition coefficient (Wildman–Crippen LogP) is 3.84. The summed E-state index contributed by atoms with van der Waals surface area (Å²) in [5, 5.41) is 14.1. The molecule has 0 bridgehead atoms. The van der Waals surface area contributed by atoms with Crippen molar-refractivity contribution in [3.63, 3.8) is 0 Å². The monoisotopic (exact) mass is 266 g/mol. The van der Waals surface area contributed by atoms with Crippen molar-refractivity contribution >= 4 is 11.4 Å². The molecule has 0 fully saturated rings. The van der Waals surface area contributed by atoms with Crippen molar-refractivity contribution in [1.29, 1.82) is 0 Å². The Morgan fingerprint density at radius 2 is 2.00 bits per heavy atom. The van der Waals surface area contributed by atoms with Gasteiger partial charge in [0.2, 0.25) is 0 Å². The molecule has 1 aromatic rings. The number of anilines is 1. The van der Waals surface area contributed by atoms with Gasteiger partial charge in [0.05, 0.1) is 17.7 Å². The molecule has 0 amide bonds. The molecule has 0 aromatic heterocycles. The molecule has 0 saturated carbocycles. The molecule has 0 heterocycles. The molecule has 1 rings (SSSR count). The molecular formula is C14H22N2O3. The van der Waals surface area contributed by atoms with Crippen molar-refractivity contribution < 1.29 is 9.66 Å². The van der Waals surface area contributed by atoms with E-state index in [4.69, 9.17) is 4.74 Å². The molecule has 1 atom stereocenters. The number of non-ortho nitro benzene ring substituents is 1. The van der Waals surface area contributed by atoms with E-state index in [9.17, 15) is 10.1 Å². The van der Waals surface area contributed by atoms with Crippen LogP contribution in [0.1, 0.15) is 33.6 Å². The van der Waals surface area contributed by atoms with Crippen molar-refractivity contribution in [3.8, 4) is 5.75 Å². The molecular weight excluding hydrogens is 244 g/mol. The second kappa shape index (κ2) is 6.97. The molecule has 1 N–H and O–H groups in total. The summed E-state index contributed by atoms with van der Waals surface area (Å²) in [6, 6.07) is 4.83.